The van der Waals surface area contributed by atoms with E-state index in [0.717, 1.165) is 25.7 Å². The summed E-state index contributed by atoms with van der Waals surface area (Å²) >= 11 is 0. The number of hydrogen-bond donors (Lipinski definition) is 2. The van der Waals surface area contributed by atoms with Crippen molar-refractivity contribution >= 4 is 11.9 Å². The Morgan fingerprint density at radius 2 is 1.24 bits per heavy atom. The molecule has 0 spiro atoms. The first kappa shape index (κ1) is 27.8. The summed E-state index contributed by atoms with van der Waals surface area (Å²) in [4.78, 5) is 23.4. The number of hydrogen-bond acceptors (Lipinski definition) is 6. The van der Waals surface area contributed by atoms with Crippen LogP contribution < -0.4 is 0 Å². The molecular weight excluding hydrogens is 380 g/mol. The van der Waals surface area contributed by atoms with Gasteiger partial charge in [0.1, 0.15) is 5.41 Å². The molecule has 0 aromatic rings. The molecule has 0 aliphatic rings. The van der Waals surface area contributed by atoms with E-state index in [1.165, 1.54) is 0 Å². The second-order valence-corrected chi connectivity index (χ2v) is 7.20. The Kier molecular flexibility index (Phi) is 15.9. The standard InChI is InChI=1S/C21H40O8/c1-5-7-11-26-13-15-28-17(3)21(20(24)25,10-9-19(22)23)18(4)29-16-14-27-12-8-6-2/h17-18H,5-16H2,1-4H3,(H,22,23)(H,24,25). The van der Waals surface area contributed by atoms with Crippen LogP contribution in [0.5, 0.6) is 0 Å². The highest BCUT2D eigenvalue weighted by atomic mass is 16.5. The molecule has 0 aromatic carbocycles. The Morgan fingerprint density at radius 1 is 0.793 bits per heavy atom. The Balaban J connectivity index is 4.92. The second kappa shape index (κ2) is 16.6. The van der Waals surface area contributed by atoms with Gasteiger partial charge in [-0.3, -0.25) is 9.59 Å². The summed E-state index contributed by atoms with van der Waals surface area (Å²) < 4.78 is 22.4. The number of unbranched alkanes of at least 4 members (excludes halogenated alkanes) is 2. The molecule has 29 heavy (non-hydrogen) atoms. The van der Waals surface area contributed by atoms with E-state index >= 15 is 0 Å². The fraction of sp³-hybridized carbons (Fsp3) is 0.905. The summed E-state index contributed by atoms with van der Waals surface area (Å²) in [6, 6.07) is 0. The lowest BCUT2D eigenvalue weighted by molar-refractivity contribution is -0.181. The molecule has 0 amide bonds. The van der Waals surface area contributed by atoms with Crippen molar-refractivity contribution in [3.8, 4) is 0 Å². The first-order valence-electron chi connectivity index (χ1n) is 10.7. The minimum Gasteiger partial charge on any atom is -0.481 e. The van der Waals surface area contributed by atoms with Crippen molar-refractivity contribution in [2.75, 3.05) is 39.6 Å². The van der Waals surface area contributed by atoms with Gasteiger partial charge < -0.3 is 29.2 Å². The number of ether oxygens (including phenoxy) is 4. The van der Waals surface area contributed by atoms with Gasteiger partial charge in [0.05, 0.1) is 38.6 Å². The van der Waals surface area contributed by atoms with Crippen molar-refractivity contribution in [1.29, 1.82) is 0 Å². The normalized spacial score (nSPS) is 15.6. The van der Waals surface area contributed by atoms with E-state index in [1.54, 1.807) is 13.8 Å². The lowest BCUT2D eigenvalue weighted by Crippen LogP contribution is -2.52. The highest BCUT2D eigenvalue weighted by Gasteiger charge is 2.50. The number of carboxylic acids is 2. The van der Waals surface area contributed by atoms with Crippen LogP contribution in [0.3, 0.4) is 0 Å². The lowest BCUT2D eigenvalue weighted by atomic mass is 9.74. The van der Waals surface area contributed by atoms with Crippen molar-refractivity contribution in [3.63, 3.8) is 0 Å². The molecule has 0 aliphatic carbocycles. The smallest absolute Gasteiger partial charge is 0.314 e. The largest absolute Gasteiger partial charge is 0.481 e. The molecule has 0 saturated carbocycles. The molecule has 0 rings (SSSR count). The van der Waals surface area contributed by atoms with Gasteiger partial charge in [-0.1, -0.05) is 26.7 Å². The van der Waals surface area contributed by atoms with Gasteiger partial charge in [-0.05, 0) is 33.1 Å². The van der Waals surface area contributed by atoms with Crippen LogP contribution in [0.4, 0.5) is 0 Å². The summed E-state index contributed by atoms with van der Waals surface area (Å²) in [6.45, 7) is 9.91. The van der Waals surface area contributed by atoms with Gasteiger partial charge in [0.2, 0.25) is 0 Å². The summed E-state index contributed by atoms with van der Waals surface area (Å²) in [7, 11) is 0. The number of aliphatic carboxylic acids is 2. The lowest BCUT2D eigenvalue weighted by Gasteiger charge is -2.39. The van der Waals surface area contributed by atoms with Crippen LogP contribution in [0.25, 0.3) is 0 Å². The third kappa shape index (κ3) is 10.9. The second-order valence-electron chi connectivity index (χ2n) is 7.20. The summed E-state index contributed by atoms with van der Waals surface area (Å²) in [5.41, 5.74) is -1.48. The van der Waals surface area contributed by atoms with Crippen molar-refractivity contribution < 1.29 is 38.7 Å². The van der Waals surface area contributed by atoms with Gasteiger partial charge in [0, 0.05) is 19.6 Å². The number of rotatable bonds is 20. The average Bonchev–Trinajstić information content (AvgIpc) is 2.67. The van der Waals surface area contributed by atoms with Gasteiger partial charge in [0.25, 0.3) is 0 Å². The third-order valence-electron chi connectivity index (χ3n) is 5.08. The summed E-state index contributed by atoms with van der Waals surface area (Å²) in [5, 5.41) is 19.1. The molecule has 8 heteroatoms. The monoisotopic (exact) mass is 420 g/mol. The summed E-state index contributed by atoms with van der Waals surface area (Å²) in [6.07, 6.45) is 2.12. The third-order valence-corrected chi connectivity index (χ3v) is 5.08. The van der Waals surface area contributed by atoms with Crippen LogP contribution in [-0.4, -0.2) is 74.0 Å². The first-order chi connectivity index (χ1) is 13.8. The zero-order valence-electron chi connectivity index (χ0n) is 18.5. The topological polar surface area (TPSA) is 112 Å². The number of carboxylic acid groups (broad SMARTS) is 2. The molecule has 172 valence electrons. The highest BCUT2D eigenvalue weighted by Crippen LogP contribution is 2.36. The Hall–Kier alpha value is -1.22. The van der Waals surface area contributed by atoms with Crippen LogP contribution in [0.1, 0.15) is 66.2 Å². The molecule has 0 heterocycles. The predicted octanol–water partition coefficient (Wildman–Crippen LogP) is 3.37. The molecule has 2 N–H and O–H groups in total. The zero-order chi connectivity index (χ0) is 22.1. The fourth-order valence-electron chi connectivity index (χ4n) is 3.07. The highest BCUT2D eigenvalue weighted by molar-refractivity contribution is 5.77. The van der Waals surface area contributed by atoms with Crippen molar-refractivity contribution in [2.24, 2.45) is 5.41 Å². The molecule has 0 radical (unpaired) electrons. The van der Waals surface area contributed by atoms with Crippen molar-refractivity contribution in [2.45, 2.75) is 78.4 Å². The predicted molar refractivity (Wildman–Crippen MR) is 109 cm³/mol. The Bertz CT molecular complexity index is 418. The minimum atomic E-state index is -1.48. The van der Waals surface area contributed by atoms with Crippen LogP contribution in [-0.2, 0) is 28.5 Å². The Labute approximate surface area is 174 Å². The van der Waals surface area contributed by atoms with Crippen molar-refractivity contribution in [3.05, 3.63) is 0 Å². The minimum absolute atomic E-state index is 0.0899. The van der Waals surface area contributed by atoms with E-state index in [-0.39, 0.29) is 26.1 Å². The molecule has 0 bridgehead atoms. The molecule has 0 aliphatic heterocycles. The van der Waals surface area contributed by atoms with Crippen LogP contribution in [0.2, 0.25) is 0 Å². The maximum absolute atomic E-state index is 12.2. The van der Waals surface area contributed by atoms with E-state index in [4.69, 9.17) is 24.1 Å². The molecule has 0 aromatic heterocycles. The van der Waals surface area contributed by atoms with Crippen LogP contribution in [0.15, 0.2) is 0 Å². The molecule has 8 nitrogen and oxygen atoms in total. The molecule has 2 atom stereocenters. The van der Waals surface area contributed by atoms with E-state index in [2.05, 4.69) is 13.8 Å². The van der Waals surface area contributed by atoms with Crippen LogP contribution >= 0.6 is 0 Å². The molecule has 2 unspecified atom stereocenters. The van der Waals surface area contributed by atoms with E-state index in [0.29, 0.717) is 26.4 Å². The van der Waals surface area contributed by atoms with E-state index in [9.17, 15) is 14.7 Å². The first-order valence-corrected chi connectivity index (χ1v) is 10.7. The van der Waals surface area contributed by atoms with Crippen LogP contribution in [0, 0.1) is 5.41 Å². The molecular formula is C21H40O8. The Morgan fingerprint density at radius 3 is 1.59 bits per heavy atom. The fourth-order valence-corrected chi connectivity index (χ4v) is 3.07. The van der Waals surface area contributed by atoms with Gasteiger partial charge >= 0.3 is 11.9 Å². The maximum Gasteiger partial charge on any atom is 0.314 e. The van der Waals surface area contributed by atoms with Gasteiger partial charge in [0.15, 0.2) is 0 Å². The van der Waals surface area contributed by atoms with Gasteiger partial charge in [-0.25, -0.2) is 0 Å². The molecule has 0 saturated heterocycles. The SMILES string of the molecule is CCCCOCCOC(C)C(CCC(=O)O)(C(=O)O)C(C)OCCOCCCC. The van der Waals surface area contributed by atoms with Gasteiger partial charge in [-0.2, -0.15) is 0 Å². The average molecular weight is 421 g/mol. The molecule has 0 fully saturated rings. The quantitative estimate of drug-likeness (QED) is 0.288. The van der Waals surface area contributed by atoms with Crippen molar-refractivity contribution in [1.82, 2.24) is 0 Å². The summed E-state index contributed by atoms with van der Waals surface area (Å²) in [5.74, 6) is -2.18. The van der Waals surface area contributed by atoms with E-state index < -0.39 is 29.6 Å². The number of carbonyl (C=O) groups is 2. The maximum atomic E-state index is 12.2. The van der Waals surface area contributed by atoms with Gasteiger partial charge in [-0.15, -0.1) is 0 Å². The van der Waals surface area contributed by atoms with E-state index in [1.807, 2.05) is 0 Å². The zero-order valence-corrected chi connectivity index (χ0v) is 18.5.